The average molecular weight is 389 g/mol. The normalized spacial score (nSPS) is 10.5. The summed E-state index contributed by atoms with van der Waals surface area (Å²) < 4.78 is 0. The Hall–Kier alpha value is -2.84. The number of carbonyl (C=O) groups is 1. The number of nitro benzene ring substituents is 1. The molecule has 1 aromatic heterocycles. The van der Waals surface area contributed by atoms with Gasteiger partial charge in [-0.25, -0.2) is 0 Å². The van der Waals surface area contributed by atoms with Gasteiger partial charge in [-0.2, -0.15) is 5.10 Å². The zero-order valence-corrected chi connectivity index (χ0v) is 15.1. The number of amides is 1. The zero-order valence-electron chi connectivity index (χ0n) is 13.5. The minimum Gasteiger partial charge on any atom is -0.320 e. The highest BCUT2D eigenvalue weighted by atomic mass is 35.5. The Morgan fingerprint density at radius 2 is 1.96 bits per heavy atom. The van der Waals surface area contributed by atoms with Crippen molar-refractivity contribution >= 4 is 40.6 Å². The number of nitrogens with one attached hydrogen (secondary N) is 2. The number of aromatic nitrogens is 2. The summed E-state index contributed by atoms with van der Waals surface area (Å²) in [5.74, 6) is -0.528. The quantitative estimate of drug-likeness (QED) is 0.488. The molecule has 26 heavy (non-hydrogen) atoms. The van der Waals surface area contributed by atoms with E-state index in [0.29, 0.717) is 10.6 Å². The minimum atomic E-state index is -0.528. The first-order valence-electron chi connectivity index (χ1n) is 7.46. The summed E-state index contributed by atoms with van der Waals surface area (Å²) in [6.07, 6.45) is 1.31. The van der Waals surface area contributed by atoms with Gasteiger partial charge in [0.2, 0.25) is 0 Å². The van der Waals surface area contributed by atoms with E-state index in [2.05, 4.69) is 15.5 Å². The maximum atomic E-state index is 12.2. The highest BCUT2D eigenvalue weighted by Gasteiger charge is 2.16. The van der Waals surface area contributed by atoms with Crippen LogP contribution in [0.5, 0.6) is 0 Å². The summed E-state index contributed by atoms with van der Waals surface area (Å²) in [7, 11) is 0. The summed E-state index contributed by atoms with van der Waals surface area (Å²) in [6, 6.07) is 12.2. The molecule has 1 amide bonds. The molecule has 0 aliphatic heterocycles. The van der Waals surface area contributed by atoms with Crippen LogP contribution in [-0.2, 0) is 0 Å². The molecule has 7 nitrogen and oxygen atoms in total. The number of rotatable bonds is 5. The van der Waals surface area contributed by atoms with Crippen molar-refractivity contribution in [1.29, 1.82) is 0 Å². The van der Waals surface area contributed by atoms with Crippen LogP contribution >= 0.6 is 23.4 Å². The Kier molecular flexibility index (Phi) is 5.24. The van der Waals surface area contributed by atoms with Crippen LogP contribution < -0.4 is 5.32 Å². The summed E-state index contributed by atoms with van der Waals surface area (Å²) in [5.41, 5.74) is 1.39. The van der Waals surface area contributed by atoms with Crippen LogP contribution in [-0.4, -0.2) is 21.0 Å². The van der Waals surface area contributed by atoms with Gasteiger partial charge in [0.25, 0.3) is 11.6 Å². The second-order valence-corrected chi connectivity index (χ2v) is 6.99. The van der Waals surface area contributed by atoms with Gasteiger partial charge in [0.05, 0.1) is 16.1 Å². The minimum absolute atomic E-state index is 0.0888. The van der Waals surface area contributed by atoms with Gasteiger partial charge in [-0.05, 0) is 25.1 Å². The number of hydrogen-bond acceptors (Lipinski definition) is 5. The first-order chi connectivity index (χ1) is 12.4. The SMILES string of the molecule is Cc1ccc(Sc2cc(NC(=O)c3[nH]ncc3Cl)cc([N+](=O)[O-])c2)cc1. The number of aromatic amines is 1. The molecule has 0 saturated heterocycles. The van der Waals surface area contributed by atoms with Gasteiger partial charge in [-0.15, -0.1) is 0 Å². The van der Waals surface area contributed by atoms with Crippen molar-refractivity contribution in [2.45, 2.75) is 16.7 Å². The second-order valence-electron chi connectivity index (χ2n) is 5.43. The molecule has 2 N–H and O–H groups in total. The lowest BCUT2D eigenvalue weighted by Crippen LogP contribution is -2.13. The number of H-pyrrole nitrogens is 1. The van der Waals surface area contributed by atoms with Crippen molar-refractivity contribution in [3.8, 4) is 0 Å². The standard InChI is InChI=1S/C17H13ClN4O3S/c1-10-2-4-13(5-3-10)26-14-7-11(6-12(8-14)22(24)25)20-17(23)16-15(18)9-19-21-16/h2-9H,1H3,(H,19,21)(H,20,23). The third-order valence-electron chi connectivity index (χ3n) is 3.44. The van der Waals surface area contributed by atoms with Gasteiger partial charge >= 0.3 is 0 Å². The van der Waals surface area contributed by atoms with Crippen molar-refractivity contribution in [3.63, 3.8) is 0 Å². The van der Waals surface area contributed by atoms with E-state index in [9.17, 15) is 14.9 Å². The molecule has 0 fully saturated rings. The molecular formula is C17H13ClN4O3S. The highest BCUT2D eigenvalue weighted by molar-refractivity contribution is 7.99. The lowest BCUT2D eigenvalue weighted by Gasteiger charge is -2.08. The fourth-order valence-corrected chi connectivity index (χ4v) is 3.27. The molecule has 0 aliphatic rings. The molecule has 1 heterocycles. The number of nitrogens with zero attached hydrogens (tertiary/aromatic N) is 2. The molecule has 3 rings (SSSR count). The van der Waals surface area contributed by atoms with Gasteiger partial charge in [-0.3, -0.25) is 20.0 Å². The number of hydrogen-bond donors (Lipinski definition) is 2. The molecule has 132 valence electrons. The molecule has 0 bridgehead atoms. The van der Waals surface area contributed by atoms with Crippen LogP contribution in [0.3, 0.4) is 0 Å². The smallest absolute Gasteiger partial charge is 0.275 e. The van der Waals surface area contributed by atoms with Gasteiger partial charge < -0.3 is 5.32 Å². The van der Waals surface area contributed by atoms with Crippen LogP contribution in [0.15, 0.2) is 58.5 Å². The molecule has 0 saturated carbocycles. The van der Waals surface area contributed by atoms with E-state index in [1.807, 2.05) is 31.2 Å². The first kappa shape index (κ1) is 18.0. The molecule has 0 spiro atoms. The topological polar surface area (TPSA) is 101 Å². The molecule has 0 aliphatic carbocycles. The van der Waals surface area contributed by atoms with Crippen LogP contribution in [0.25, 0.3) is 0 Å². The Morgan fingerprint density at radius 3 is 2.58 bits per heavy atom. The van der Waals surface area contributed by atoms with Gasteiger partial charge in [0, 0.05) is 27.6 Å². The largest absolute Gasteiger partial charge is 0.320 e. The molecule has 0 atom stereocenters. The van der Waals surface area contributed by atoms with E-state index < -0.39 is 10.8 Å². The predicted molar refractivity (Wildman–Crippen MR) is 99.9 cm³/mol. The number of halogens is 1. The first-order valence-corrected chi connectivity index (χ1v) is 8.66. The Balaban J connectivity index is 1.88. The monoisotopic (exact) mass is 388 g/mol. The number of aryl methyl sites for hydroxylation is 1. The van der Waals surface area contributed by atoms with E-state index in [1.165, 1.54) is 30.1 Å². The van der Waals surface area contributed by atoms with E-state index in [1.54, 1.807) is 6.07 Å². The Morgan fingerprint density at radius 1 is 1.23 bits per heavy atom. The number of benzene rings is 2. The number of anilines is 1. The van der Waals surface area contributed by atoms with Gasteiger partial charge in [0.1, 0.15) is 5.69 Å². The number of carbonyl (C=O) groups excluding carboxylic acids is 1. The summed E-state index contributed by atoms with van der Waals surface area (Å²) in [5, 5.41) is 20.2. The fraction of sp³-hybridized carbons (Fsp3) is 0.0588. The predicted octanol–water partition coefficient (Wildman–Crippen LogP) is 4.68. The maximum absolute atomic E-state index is 12.2. The van der Waals surface area contributed by atoms with Crippen LogP contribution in [0.2, 0.25) is 5.02 Å². The van der Waals surface area contributed by atoms with E-state index in [-0.39, 0.29) is 16.4 Å². The molecule has 0 unspecified atom stereocenters. The molecule has 2 aromatic carbocycles. The Bertz CT molecular complexity index is 972. The maximum Gasteiger partial charge on any atom is 0.275 e. The third kappa shape index (κ3) is 4.22. The molecular weight excluding hydrogens is 376 g/mol. The van der Waals surface area contributed by atoms with E-state index >= 15 is 0 Å². The zero-order chi connectivity index (χ0) is 18.7. The summed E-state index contributed by atoms with van der Waals surface area (Å²) >= 11 is 7.23. The van der Waals surface area contributed by atoms with Crippen molar-refractivity contribution in [1.82, 2.24) is 10.2 Å². The third-order valence-corrected chi connectivity index (χ3v) is 4.70. The van der Waals surface area contributed by atoms with Crippen molar-refractivity contribution < 1.29 is 9.72 Å². The van der Waals surface area contributed by atoms with E-state index in [0.717, 1.165) is 10.5 Å². The fourth-order valence-electron chi connectivity index (χ4n) is 2.19. The number of nitro groups is 1. The van der Waals surface area contributed by atoms with E-state index in [4.69, 9.17) is 11.6 Å². The molecule has 3 aromatic rings. The van der Waals surface area contributed by atoms with Crippen LogP contribution in [0.1, 0.15) is 16.1 Å². The van der Waals surface area contributed by atoms with Crippen molar-refractivity contribution in [2.75, 3.05) is 5.32 Å². The summed E-state index contributed by atoms with van der Waals surface area (Å²) in [6.45, 7) is 1.98. The average Bonchev–Trinajstić information content (AvgIpc) is 3.03. The van der Waals surface area contributed by atoms with Crippen LogP contribution in [0, 0.1) is 17.0 Å². The lowest BCUT2D eigenvalue weighted by atomic mass is 10.2. The molecule has 9 heteroatoms. The molecule has 0 radical (unpaired) electrons. The lowest BCUT2D eigenvalue weighted by molar-refractivity contribution is -0.385. The van der Waals surface area contributed by atoms with Gasteiger partial charge in [-0.1, -0.05) is 41.1 Å². The Labute approximate surface area is 157 Å². The summed E-state index contributed by atoms with van der Waals surface area (Å²) in [4.78, 5) is 24.5. The van der Waals surface area contributed by atoms with Crippen LogP contribution in [0.4, 0.5) is 11.4 Å². The van der Waals surface area contributed by atoms with Crippen molar-refractivity contribution in [3.05, 3.63) is 75.1 Å². The van der Waals surface area contributed by atoms with Gasteiger partial charge in [0.15, 0.2) is 0 Å². The highest BCUT2D eigenvalue weighted by Crippen LogP contribution is 2.33. The second kappa shape index (κ2) is 7.59. The van der Waals surface area contributed by atoms with Crippen molar-refractivity contribution in [2.24, 2.45) is 0 Å². The number of non-ortho nitro benzene ring substituents is 1.